The van der Waals surface area contributed by atoms with Gasteiger partial charge in [0.2, 0.25) is 0 Å². The Hall–Kier alpha value is -0.950. The van der Waals surface area contributed by atoms with Crippen molar-refractivity contribution in [2.75, 3.05) is 12.4 Å². The van der Waals surface area contributed by atoms with Gasteiger partial charge in [-0.15, -0.1) is 0 Å². The molecule has 1 aromatic carbocycles. The first-order valence-corrected chi connectivity index (χ1v) is 6.03. The fourth-order valence-electron chi connectivity index (χ4n) is 1.14. The zero-order valence-electron chi connectivity index (χ0n) is 8.20. The molecule has 0 spiro atoms. The second-order valence-corrected chi connectivity index (χ2v) is 4.23. The van der Waals surface area contributed by atoms with E-state index in [0.29, 0.717) is 4.47 Å². The molecule has 16 heavy (non-hydrogen) atoms. The molecule has 7 heteroatoms. The summed E-state index contributed by atoms with van der Waals surface area (Å²) in [5.74, 6) is -0.124. The van der Waals surface area contributed by atoms with Gasteiger partial charge < -0.3 is 4.74 Å². The van der Waals surface area contributed by atoms with Crippen LogP contribution in [0.5, 0.6) is 5.75 Å². The maximum Gasteiger partial charge on any atom is 0.311 e. The van der Waals surface area contributed by atoms with Crippen LogP contribution < -0.4 is 4.74 Å². The lowest BCUT2D eigenvalue weighted by Crippen LogP contribution is -2.03. The van der Waals surface area contributed by atoms with Gasteiger partial charge in [-0.1, -0.05) is 15.9 Å². The van der Waals surface area contributed by atoms with E-state index in [9.17, 15) is 14.9 Å². The van der Waals surface area contributed by atoms with Gasteiger partial charge in [0.15, 0.2) is 11.5 Å². The first-order valence-electron chi connectivity index (χ1n) is 4.12. The quantitative estimate of drug-likeness (QED) is 0.361. The lowest BCUT2D eigenvalue weighted by Gasteiger charge is -2.05. The van der Waals surface area contributed by atoms with Crippen molar-refractivity contribution in [3.8, 4) is 5.75 Å². The van der Waals surface area contributed by atoms with E-state index in [1.165, 1.54) is 19.2 Å². The van der Waals surface area contributed by atoms with Gasteiger partial charge in [0.25, 0.3) is 0 Å². The molecule has 0 bridgehead atoms. The van der Waals surface area contributed by atoms with Gasteiger partial charge in [-0.2, -0.15) is 0 Å². The first kappa shape index (κ1) is 13.1. The van der Waals surface area contributed by atoms with Crippen molar-refractivity contribution in [1.29, 1.82) is 0 Å². The normalized spacial score (nSPS) is 9.94. The number of methoxy groups -OCH3 is 1. The second kappa shape index (κ2) is 5.40. The fourth-order valence-corrected chi connectivity index (χ4v) is 1.98. The number of hydrogen-bond acceptors (Lipinski definition) is 4. The number of nitrogens with zero attached hydrogens (tertiary/aromatic N) is 1. The van der Waals surface area contributed by atoms with Crippen LogP contribution in [0.4, 0.5) is 5.69 Å². The molecule has 1 aromatic rings. The Balaban J connectivity index is 3.38. The number of Topliss-reactive ketones (excluding diaryl/α,β-unsaturated/α-hetero) is 1. The molecular formula is C9H7Br2NO4. The predicted octanol–water partition coefficient (Wildman–Crippen LogP) is 2.94. The Morgan fingerprint density at radius 1 is 1.56 bits per heavy atom. The molecule has 0 saturated carbocycles. The predicted molar refractivity (Wildman–Crippen MR) is 65.5 cm³/mol. The Labute approximate surface area is 108 Å². The molecule has 0 fully saturated rings. The van der Waals surface area contributed by atoms with E-state index in [-0.39, 0.29) is 28.1 Å². The molecule has 0 atom stereocenters. The molecule has 0 unspecified atom stereocenters. The van der Waals surface area contributed by atoms with E-state index in [4.69, 9.17) is 4.74 Å². The summed E-state index contributed by atoms with van der Waals surface area (Å²) < 4.78 is 5.33. The Kier molecular flexibility index (Phi) is 4.43. The number of ether oxygens (including phenoxy) is 1. The van der Waals surface area contributed by atoms with Crippen molar-refractivity contribution in [1.82, 2.24) is 0 Å². The van der Waals surface area contributed by atoms with E-state index in [1.807, 2.05) is 0 Å². The number of benzene rings is 1. The average Bonchev–Trinajstić information content (AvgIpc) is 2.27. The van der Waals surface area contributed by atoms with E-state index in [1.54, 1.807) is 0 Å². The summed E-state index contributed by atoms with van der Waals surface area (Å²) in [4.78, 5) is 21.6. The number of hydrogen-bond donors (Lipinski definition) is 0. The summed E-state index contributed by atoms with van der Waals surface area (Å²) in [7, 11) is 1.33. The molecule has 0 radical (unpaired) electrons. The highest BCUT2D eigenvalue weighted by molar-refractivity contribution is 9.10. The van der Waals surface area contributed by atoms with Crippen molar-refractivity contribution in [3.63, 3.8) is 0 Å². The van der Waals surface area contributed by atoms with E-state index in [0.717, 1.165) is 0 Å². The average molecular weight is 353 g/mol. The molecule has 0 aromatic heterocycles. The monoisotopic (exact) mass is 351 g/mol. The highest BCUT2D eigenvalue weighted by Gasteiger charge is 2.20. The van der Waals surface area contributed by atoms with E-state index < -0.39 is 4.92 Å². The molecule has 0 aliphatic rings. The molecule has 0 aliphatic carbocycles. The maximum absolute atomic E-state index is 11.5. The van der Waals surface area contributed by atoms with Crippen molar-refractivity contribution < 1.29 is 14.5 Å². The SMILES string of the molecule is COc1cc(Br)c(C(=O)CBr)cc1[N+](=O)[O-]. The summed E-state index contributed by atoms with van der Waals surface area (Å²) in [5, 5.41) is 10.8. The second-order valence-electron chi connectivity index (χ2n) is 2.82. The van der Waals surface area contributed by atoms with Crippen LogP contribution in [0.25, 0.3) is 0 Å². The summed E-state index contributed by atoms with van der Waals surface area (Å²) >= 11 is 6.18. The number of carbonyl (C=O) groups excluding carboxylic acids is 1. The van der Waals surface area contributed by atoms with Crippen molar-refractivity contribution in [2.24, 2.45) is 0 Å². The van der Waals surface area contributed by atoms with Crippen LogP contribution in [0.15, 0.2) is 16.6 Å². The summed E-state index contributed by atoms with van der Waals surface area (Å²) in [6, 6.07) is 2.61. The minimum absolute atomic E-state index is 0.106. The molecule has 0 heterocycles. The van der Waals surface area contributed by atoms with Crippen LogP contribution in [-0.4, -0.2) is 23.1 Å². The number of rotatable bonds is 4. The molecule has 1 rings (SSSR count). The Bertz CT molecular complexity index is 447. The van der Waals surface area contributed by atoms with Crippen molar-refractivity contribution >= 4 is 43.3 Å². The third-order valence-electron chi connectivity index (χ3n) is 1.89. The Morgan fingerprint density at radius 2 is 2.19 bits per heavy atom. The smallest absolute Gasteiger partial charge is 0.311 e. The van der Waals surface area contributed by atoms with Crippen LogP contribution in [0.2, 0.25) is 0 Å². The lowest BCUT2D eigenvalue weighted by atomic mass is 10.1. The Morgan fingerprint density at radius 3 is 2.62 bits per heavy atom. The van der Waals surface area contributed by atoms with Gasteiger partial charge >= 0.3 is 5.69 Å². The van der Waals surface area contributed by atoms with Gasteiger partial charge in [-0.05, 0) is 15.9 Å². The highest BCUT2D eigenvalue weighted by atomic mass is 79.9. The lowest BCUT2D eigenvalue weighted by molar-refractivity contribution is -0.385. The highest BCUT2D eigenvalue weighted by Crippen LogP contribution is 2.33. The van der Waals surface area contributed by atoms with Gasteiger partial charge in [-0.3, -0.25) is 14.9 Å². The molecule has 0 saturated heterocycles. The molecule has 0 N–H and O–H groups in total. The molecule has 0 aliphatic heterocycles. The standard InChI is InChI=1S/C9H7Br2NO4/c1-16-9-3-6(11)5(8(13)4-10)2-7(9)12(14)15/h2-3H,4H2,1H3. The minimum atomic E-state index is -0.587. The van der Waals surface area contributed by atoms with Gasteiger partial charge in [-0.25, -0.2) is 0 Å². The van der Waals surface area contributed by atoms with Gasteiger partial charge in [0.05, 0.1) is 17.4 Å². The summed E-state index contributed by atoms with van der Waals surface area (Å²) in [6.45, 7) is 0. The maximum atomic E-state index is 11.5. The summed E-state index contributed by atoms with van der Waals surface area (Å²) in [5.41, 5.74) is 0.0272. The zero-order chi connectivity index (χ0) is 12.3. The molecular weight excluding hydrogens is 346 g/mol. The number of alkyl halides is 1. The van der Waals surface area contributed by atoms with Crippen molar-refractivity contribution in [2.45, 2.75) is 0 Å². The third-order valence-corrected chi connectivity index (χ3v) is 3.05. The topological polar surface area (TPSA) is 69.4 Å². The van der Waals surface area contributed by atoms with E-state index >= 15 is 0 Å². The van der Waals surface area contributed by atoms with E-state index in [2.05, 4.69) is 31.9 Å². The van der Waals surface area contributed by atoms with Gasteiger partial charge in [0, 0.05) is 22.2 Å². The van der Waals surface area contributed by atoms with Crippen LogP contribution in [0, 0.1) is 10.1 Å². The number of ketones is 1. The number of nitro benzene ring substituents is 1. The summed E-state index contributed by atoms with van der Waals surface area (Å²) in [6.07, 6.45) is 0. The van der Waals surface area contributed by atoms with Crippen LogP contribution >= 0.6 is 31.9 Å². The van der Waals surface area contributed by atoms with Crippen LogP contribution in [0.1, 0.15) is 10.4 Å². The van der Waals surface area contributed by atoms with Crippen molar-refractivity contribution in [3.05, 3.63) is 32.3 Å². The molecule has 5 nitrogen and oxygen atoms in total. The van der Waals surface area contributed by atoms with Crippen LogP contribution in [-0.2, 0) is 0 Å². The van der Waals surface area contributed by atoms with Crippen LogP contribution in [0.3, 0.4) is 0 Å². The molecule has 86 valence electrons. The number of nitro groups is 1. The largest absolute Gasteiger partial charge is 0.490 e. The minimum Gasteiger partial charge on any atom is -0.490 e. The van der Waals surface area contributed by atoms with Gasteiger partial charge in [0.1, 0.15) is 0 Å². The third kappa shape index (κ3) is 2.59. The number of carbonyl (C=O) groups is 1. The fraction of sp³-hybridized carbons (Fsp3) is 0.222. The number of halogens is 2. The molecule has 0 amide bonds. The first-order chi connectivity index (χ1) is 7.51. The zero-order valence-corrected chi connectivity index (χ0v) is 11.4.